The normalized spacial score (nSPS) is 10.3. The first kappa shape index (κ1) is 27.2. The van der Waals surface area contributed by atoms with Crippen molar-refractivity contribution in [2.24, 2.45) is 0 Å². The number of benzene rings is 3. The van der Waals surface area contributed by atoms with Crippen molar-refractivity contribution in [2.45, 2.75) is 25.7 Å². The first-order valence-corrected chi connectivity index (χ1v) is 12.1. The summed E-state index contributed by atoms with van der Waals surface area (Å²) in [6.45, 7) is 4.31. The highest BCUT2D eigenvalue weighted by atomic mass is 16.5. The van der Waals surface area contributed by atoms with Gasteiger partial charge in [0.05, 0.1) is 25.9 Å². The standard InChI is InChI=1S/C30H31NO6/c1-3-29(32)36-19-7-5-4-6-18-35-27-15-10-23(11-16-27)30(33)37-28-17-12-24(20-25(28)21-31)22-8-13-26(34-2)14-9-22/h3,8-17,20-21,31H,1,4-7,18-19H2,2H3. The van der Waals surface area contributed by atoms with Crippen molar-refractivity contribution >= 4 is 18.2 Å². The Balaban J connectivity index is 1.48. The molecule has 0 heterocycles. The van der Waals surface area contributed by atoms with Gasteiger partial charge in [-0.05, 0) is 85.3 Å². The highest BCUT2D eigenvalue weighted by Gasteiger charge is 2.13. The number of rotatable bonds is 14. The minimum absolute atomic E-state index is 0.317. The molecule has 0 aliphatic carbocycles. The zero-order chi connectivity index (χ0) is 26.5. The Morgan fingerprint density at radius 1 is 0.838 bits per heavy atom. The Hall–Kier alpha value is -4.39. The fourth-order valence-corrected chi connectivity index (χ4v) is 3.54. The summed E-state index contributed by atoms with van der Waals surface area (Å²) in [5, 5.41) is 7.76. The van der Waals surface area contributed by atoms with E-state index in [0.29, 0.717) is 35.8 Å². The van der Waals surface area contributed by atoms with E-state index in [0.717, 1.165) is 48.6 Å². The number of carbonyl (C=O) groups excluding carboxylic acids is 2. The highest BCUT2D eigenvalue weighted by Crippen LogP contribution is 2.28. The van der Waals surface area contributed by atoms with Crippen LogP contribution in [-0.2, 0) is 9.53 Å². The molecule has 0 aromatic heterocycles. The first-order valence-electron chi connectivity index (χ1n) is 12.1. The van der Waals surface area contributed by atoms with Gasteiger partial charge in [0, 0.05) is 17.9 Å². The van der Waals surface area contributed by atoms with Gasteiger partial charge in [-0.15, -0.1) is 0 Å². The first-order chi connectivity index (χ1) is 18.0. The van der Waals surface area contributed by atoms with Gasteiger partial charge < -0.3 is 24.4 Å². The largest absolute Gasteiger partial charge is 0.497 e. The third-order valence-corrected chi connectivity index (χ3v) is 5.60. The molecular weight excluding hydrogens is 470 g/mol. The van der Waals surface area contributed by atoms with E-state index >= 15 is 0 Å². The van der Waals surface area contributed by atoms with E-state index in [2.05, 4.69) is 6.58 Å². The van der Waals surface area contributed by atoms with E-state index in [1.807, 2.05) is 36.4 Å². The van der Waals surface area contributed by atoms with Crippen LogP contribution in [0.15, 0.2) is 79.4 Å². The minimum atomic E-state index is -0.510. The van der Waals surface area contributed by atoms with Gasteiger partial charge >= 0.3 is 11.9 Å². The lowest BCUT2D eigenvalue weighted by atomic mass is 10.0. The van der Waals surface area contributed by atoms with E-state index in [9.17, 15) is 9.59 Å². The Kier molecular flexibility index (Phi) is 10.5. The zero-order valence-corrected chi connectivity index (χ0v) is 20.9. The monoisotopic (exact) mass is 501 g/mol. The van der Waals surface area contributed by atoms with Crippen LogP contribution in [0.4, 0.5) is 0 Å². The van der Waals surface area contributed by atoms with Gasteiger partial charge in [-0.2, -0.15) is 0 Å². The fraction of sp³-hybridized carbons (Fsp3) is 0.233. The van der Waals surface area contributed by atoms with Crippen LogP contribution in [0.1, 0.15) is 41.6 Å². The van der Waals surface area contributed by atoms with Crippen LogP contribution in [0.25, 0.3) is 11.1 Å². The van der Waals surface area contributed by atoms with Crippen LogP contribution < -0.4 is 14.2 Å². The second-order valence-corrected chi connectivity index (χ2v) is 8.17. The summed E-state index contributed by atoms with van der Waals surface area (Å²) in [6.07, 6.45) is 5.91. The number of esters is 2. The lowest BCUT2D eigenvalue weighted by Gasteiger charge is -2.11. The average Bonchev–Trinajstić information content (AvgIpc) is 2.94. The Morgan fingerprint density at radius 2 is 1.49 bits per heavy atom. The molecule has 0 saturated carbocycles. The molecule has 7 nitrogen and oxygen atoms in total. The number of methoxy groups -OCH3 is 1. The quantitative estimate of drug-likeness (QED) is 0.0923. The Labute approximate surface area is 217 Å². The van der Waals surface area contributed by atoms with Crippen LogP contribution in [0.3, 0.4) is 0 Å². The molecule has 0 aliphatic rings. The van der Waals surface area contributed by atoms with E-state index < -0.39 is 11.9 Å². The lowest BCUT2D eigenvalue weighted by molar-refractivity contribution is -0.137. The molecule has 3 aromatic rings. The molecule has 3 aromatic carbocycles. The predicted molar refractivity (Wildman–Crippen MR) is 143 cm³/mol. The second-order valence-electron chi connectivity index (χ2n) is 8.17. The van der Waals surface area contributed by atoms with E-state index in [1.54, 1.807) is 37.4 Å². The van der Waals surface area contributed by atoms with Crippen LogP contribution in [0.2, 0.25) is 0 Å². The number of ether oxygens (including phenoxy) is 4. The summed E-state index contributed by atoms with van der Waals surface area (Å²) in [5.74, 6) is 0.841. The summed E-state index contributed by atoms with van der Waals surface area (Å²) in [6, 6.07) is 19.7. The molecule has 0 atom stereocenters. The van der Waals surface area contributed by atoms with Crippen LogP contribution in [0, 0.1) is 5.41 Å². The maximum Gasteiger partial charge on any atom is 0.343 e. The zero-order valence-electron chi connectivity index (χ0n) is 20.9. The highest BCUT2D eigenvalue weighted by molar-refractivity contribution is 5.93. The van der Waals surface area contributed by atoms with Crippen molar-refractivity contribution in [3.8, 4) is 28.4 Å². The van der Waals surface area contributed by atoms with Crippen molar-refractivity contribution in [1.82, 2.24) is 0 Å². The van der Waals surface area contributed by atoms with E-state index in [1.165, 1.54) is 6.21 Å². The molecule has 0 bridgehead atoms. The fourth-order valence-electron chi connectivity index (χ4n) is 3.54. The molecule has 0 unspecified atom stereocenters. The molecule has 0 radical (unpaired) electrons. The predicted octanol–water partition coefficient (Wildman–Crippen LogP) is 6.25. The summed E-state index contributed by atoms with van der Waals surface area (Å²) in [4.78, 5) is 23.6. The molecule has 192 valence electrons. The van der Waals surface area contributed by atoms with Crippen LogP contribution in [-0.4, -0.2) is 38.5 Å². The third kappa shape index (κ3) is 8.35. The molecule has 37 heavy (non-hydrogen) atoms. The van der Waals surface area contributed by atoms with Crippen molar-refractivity contribution < 1.29 is 28.5 Å². The van der Waals surface area contributed by atoms with Crippen LogP contribution in [0.5, 0.6) is 17.2 Å². The Bertz CT molecular complexity index is 1200. The van der Waals surface area contributed by atoms with Crippen LogP contribution >= 0.6 is 0 Å². The average molecular weight is 502 g/mol. The van der Waals surface area contributed by atoms with Gasteiger partial charge in [0.1, 0.15) is 17.2 Å². The SMILES string of the molecule is C=CC(=O)OCCCCCCOc1ccc(C(=O)Oc2ccc(-c3ccc(OC)cc3)cc2C=N)cc1. The number of hydrogen-bond donors (Lipinski definition) is 1. The molecule has 0 fully saturated rings. The molecule has 0 amide bonds. The van der Waals surface area contributed by atoms with Crippen molar-refractivity contribution in [2.75, 3.05) is 20.3 Å². The number of hydrogen-bond acceptors (Lipinski definition) is 7. The van der Waals surface area contributed by atoms with Gasteiger partial charge in [0.2, 0.25) is 0 Å². The third-order valence-electron chi connectivity index (χ3n) is 5.60. The summed E-state index contributed by atoms with van der Waals surface area (Å²) in [5.41, 5.74) is 2.75. The summed E-state index contributed by atoms with van der Waals surface area (Å²) in [7, 11) is 1.62. The molecule has 3 rings (SSSR count). The smallest absolute Gasteiger partial charge is 0.343 e. The van der Waals surface area contributed by atoms with Gasteiger partial charge in [-0.1, -0.05) is 24.8 Å². The number of unbranched alkanes of at least 4 members (excludes halogenated alkanes) is 3. The molecule has 7 heteroatoms. The molecule has 0 aliphatic heterocycles. The van der Waals surface area contributed by atoms with Crippen molar-refractivity contribution in [1.29, 1.82) is 5.41 Å². The number of carbonyl (C=O) groups is 2. The maximum absolute atomic E-state index is 12.7. The second kappa shape index (κ2) is 14.2. The molecule has 1 N–H and O–H groups in total. The van der Waals surface area contributed by atoms with Gasteiger partial charge in [-0.3, -0.25) is 0 Å². The molecular formula is C30H31NO6. The maximum atomic E-state index is 12.7. The topological polar surface area (TPSA) is 94.9 Å². The van der Waals surface area contributed by atoms with Gasteiger partial charge in [-0.25, -0.2) is 9.59 Å². The lowest BCUT2D eigenvalue weighted by Crippen LogP contribution is -2.10. The molecule has 0 saturated heterocycles. The number of nitrogens with one attached hydrogen (secondary N) is 1. The molecule has 0 spiro atoms. The summed E-state index contributed by atoms with van der Waals surface area (Å²) < 4.78 is 21.4. The van der Waals surface area contributed by atoms with E-state index in [4.69, 9.17) is 24.4 Å². The van der Waals surface area contributed by atoms with E-state index in [-0.39, 0.29) is 0 Å². The van der Waals surface area contributed by atoms with Gasteiger partial charge in [0.15, 0.2) is 0 Å². The summed E-state index contributed by atoms with van der Waals surface area (Å²) >= 11 is 0. The van der Waals surface area contributed by atoms with Crippen molar-refractivity contribution in [3.05, 3.63) is 90.5 Å². The minimum Gasteiger partial charge on any atom is -0.497 e. The van der Waals surface area contributed by atoms with Crippen molar-refractivity contribution in [3.63, 3.8) is 0 Å². The Morgan fingerprint density at radius 3 is 2.14 bits per heavy atom. The van der Waals surface area contributed by atoms with Gasteiger partial charge in [0.25, 0.3) is 0 Å².